The Balaban J connectivity index is 2.04. The van der Waals surface area contributed by atoms with E-state index in [4.69, 9.17) is 0 Å². The van der Waals surface area contributed by atoms with Gasteiger partial charge in [0, 0.05) is 5.57 Å². The summed E-state index contributed by atoms with van der Waals surface area (Å²) in [5.74, 6) is 0.474. The summed E-state index contributed by atoms with van der Waals surface area (Å²) in [6, 6.07) is 0. The Labute approximate surface area is 146 Å². The quantitative estimate of drug-likeness (QED) is 0.516. The van der Waals surface area contributed by atoms with Gasteiger partial charge in [0.1, 0.15) is 0 Å². The molecule has 2 saturated carbocycles. The fourth-order valence-electron chi connectivity index (χ4n) is 5.79. The molecule has 0 bridgehead atoms. The van der Waals surface area contributed by atoms with Crippen molar-refractivity contribution < 1.29 is 9.59 Å². The first-order valence-electron chi connectivity index (χ1n) is 9.29. The number of carbonyl (C=O) groups excluding carboxylic acids is 2. The molecule has 0 aromatic heterocycles. The minimum absolute atomic E-state index is 0.00366. The second kappa shape index (κ2) is 5.54. The predicted octanol–water partition coefficient (Wildman–Crippen LogP) is 5.20. The van der Waals surface area contributed by atoms with Crippen LogP contribution >= 0.6 is 0 Å². The van der Waals surface area contributed by atoms with Crippen LogP contribution < -0.4 is 0 Å². The van der Waals surface area contributed by atoms with Gasteiger partial charge in [0.2, 0.25) is 0 Å². The van der Waals surface area contributed by atoms with E-state index in [1.54, 1.807) is 6.08 Å². The fourth-order valence-corrected chi connectivity index (χ4v) is 5.79. The molecule has 0 heterocycles. The molecule has 0 unspecified atom stereocenters. The highest BCUT2D eigenvalue weighted by atomic mass is 16.1. The molecule has 0 aliphatic heterocycles. The van der Waals surface area contributed by atoms with E-state index < -0.39 is 0 Å². The summed E-state index contributed by atoms with van der Waals surface area (Å²) in [7, 11) is 0. The molecule has 2 nitrogen and oxygen atoms in total. The largest absolute Gasteiger partial charge is 0.290 e. The van der Waals surface area contributed by atoms with Crippen LogP contribution in [0.15, 0.2) is 36.0 Å². The highest BCUT2D eigenvalue weighted by Crippen LogP contribution is 2.70. The molecule has 3 aliphatic rings. The fraction of sp³-hybridized carbons (Fsp3) is 0.636. The first kappa shape index (κ1) is 17.4. The maximum Gasteiger partial charge on any atom is 0.182 e. The van der Waals surface area contributed by atoms with Crippen LogP contribution in [0, 0.1) is 22.2 Å². The van der Waals surface area contributed by atoms with Gasteiger partial charge in [-0.1, -0.05) is 39.8 Å². The van der Waals surface area contributed by atoms with Crippen molar-refractivity contribution in [3.63, 3.8) is 0 Å². The van der Waals surface area contributed by atoms with Crippen LogP contribution in [0.4, 0.5) is 0 Å². The third-order valence-electron chi connectivity index (χ3n) is 8.17. The Morgan fingerprint density at radius 2 is 1.88 bits per heavy atom. The number of fused-ring (bicyclic) bond motifs is 1. The van der Waals surface area contributed by atoms with Gasteiger partial charge in [-0.3, -0.25) is 9.59 Å². The normalized spacial score (nSPS) is 42.8. The molecule has 0 amide bonds. The molecule has 0 aromatic rings. The number of ketones is 2. The van der Waals surface area contributed by atoms with Crippen LogP contribution in [0.2, 0.25) is 0 Å². The van der Waals surface area contributed by atoms with Gasteiger partial charge >= 0.3 is 0 Å². The van der Waals surface area contributed by atoms with E-state index in [-0.39, 0.29) is 27.8 Å². The Bertz CT molecular complexity index is 667. The maximum atomic E-state index is 12.3. The van der Waals surface area contributed by atoms with Gasteiger partial charge in [-0.15, -0.1) is 0 Å². The minimum atomic E-state index is -0.0577. The lowest BCUT2D eigenvalue weighted by Gasteiger charge is -2.66. The van der Waals surface area contributed by atoms with Crippen molar-refractivity contribution in [2.45, 2.75) is 66.2 Å². The van der Waals surface area contributed by atoms with Gasteiger partial charge in [0.25, 0.3) is 0 Å². The van der Waals surface area contributed by atoms with Crippen molar-refractivity contribution in [3.05, 3.63) is 36.0 Å². The molecule has 0 radical (unpaired) electrons. The topological polar surface area (TPSA) is 34.1 Å². The molecule has 0 saturated heterocycles. The number of hydrogen-bond donors (Lipinski definition) is 0. The standard InChI is InChI=1S/C22H30O2/c1-15-7-6-11-22(5)20(15,3)12-10-16(2)21(22,4)14-17-13-18(23)8-9-19(17)24/h8-9,13,16H,1,6-7,10-12,14H2,2-5H3/t16-,20+,21+,22+/m0/s1. The molecular weight excluding hydrogens is 296 g/mol. The van der Waals surface area contributed by atoms with Crippen molar-refractivity contribution >= 4 is 11.6 Å². The molecular formula is C22H30O2. The zero-order chi connectivity index (χ0) is 17.8. The molecule has 0 aromatic carbocycles. The van der Waals surface area contributed by atoms with E-state index in [0.29, 0.717) is 17.9 Å². The van der Waals surface area contributed by atoms with Crippen LogP contribution in [0.1, 0.15) is 66.2 Å². The molecule has 24 heavy (non-hydrogen) atoms. The lowest BCUT2D eigenvalue weighted by molar-refractivity contribution is -0.134. The smallest absolute Gasteiger partial charge is 0.182 e. The first-order chi connectivity index (χ1) is 11.1. The average molecular weight is 326 g/mol. The van der Waals surface area contributed by atoms with Crippen LogP contribution in [-0.2, 0) is 9.59 Å². The van der Waals surface area contributed by atoms with Gasteiger partial charge in [0.15, 0.2) is 11.6 Å². The summed E-state index contributed by atoms with van der Waals surface area (Å²) >= 11 is 0. The summed E-state index contributed by atoms with van der Waals surface area (Å²) in [6.07, 6.45) is 10.9. The van der Waals surface area contributed by atoms with Crippen molar-refractivity contribution in [1.82, 2.24) is 0 Å². The second-order valence-corrected chi connectivity index (χ2v) is 8.92. The summed E-state index contributed by atoms with van der Waals surface area (Å²) in [5.41, 5.74) is 2.31. The number of allylic oxidation sites excluding steroid dienone is 5. The minimum Gasteiger partial charge on any atom is -0.290 e. The SMILES string of the molecule is C=C1CCC[C@]2(C)[C@]1(C)CC[C@H](C)[C@@]2(C)CC1=CC(=O)C=CC1=O. The molecule has 3 rings (SSSR count). The van der Waals surface area contributed by atoms with E-state index in [0.717, 1.165) is 12.8 Å². The summed E-state index contributed by atoms with van der Waals surface area (Å²) < 4.78 is 0. The van der Waals surface area contributed by atoms with Crippen molar-refractivity contribution in [2.75, 3.05) is 0 Å². The lowest BCUT2D eigenvalue weighted by atomic mass is 9.38. The Morgan fingerprint density at radius 3 is 2.58 bits per heavy atom. The molecule has 3 aliphatic carbocycles. The average Bonchev–Trinajstić information content (AvgIpc) is 2.52. The maximum absolute atomic E-state index is 12.3. The van der Waals surface area contributed by atoms with E-state index >= 15 is 0 Å². The Hall–Kier alpha value is -1.44. The van der Waals surface area contributed by atoms with Crippen molar-refractivity contribution in [1.29, 1.82) is 0 Å². The van der Waals surface area contributed by atoms with E-state index in [9.17, 15) is 9.59 Å². The van der Waals surface area contributed by atoms with Crippen LogP contribution in [0.25, 0.3) is 0 Å². The lowest BCUT2D eigenvalue weighted by Crippen LogP contribution is -2.58. The number of hydrogen-bond acceptors (Lipinski definition) is 2. The zero-order valence-corrected chi connectivity index (χ0v) is 15.6. The van der Waals surface area contributed by atoms with Crippen molar-refractivity contribution in [2.24, 2.45) is 22.2 Å². The number of carbonyl (C=O) groups is 2. The van der Waals surface area contributed by atoms with Crippen LogP contribution in [-0.4, -0.2) is 11.6 Å². The van der Waals surface area contributed by atoms with E-state index in [1.807, 2.05) is 0 Å². The third kappa shape index (κ3) is 2.22. The van der Waals surface area contributed by atoms with Gasteiger partial charge in [-0.25, -0.2) is 0 Å². The van der Waals surface area contributed by atoms with E-state index in [2.05, 4.69) is 34.3 Å². The third-order valence-corrected chi connectivity index (χ3v) is 8.17. The van der Waals surface area contributed by atoms with E-state index in [1.165, 1.54) is 37.0 Å². The summed E-state index contributed by atoms with van der Waals surface area (Å²) in [4.78, 5) is 24.1. The molecule has 0 spiro atoms. The monoisotopic (exact) mass is 326 g/mol. The van der Waals surface area contributed by atoms with Gasteiger partial charge in [-0.05, 0) is 78.9 Å². The molecule has 0 N–H and O–H groups in total. The van der Waals surface area contributed by atoms with Gasteiger partial charge in [0.05, 0.1) is 0 Å². The van der Waals surface area contributed by atoms with Gasteiger partial charge in [-0.2, -0.15) is 0 Å². The Kier molecular flexibility index (Phi) is 4.01. The molecule has 130 valence electrons. The molecule has 4 atom stereocenters. The zero-order valence-electron chi connectivity index (χ0n) is 15.6. The molecule has 2 heteroatoms. The highest BCUT2D eigenvalue weighted by molar-refractivity contribution is 6.17. The Morgan fingerprint density at radius 1 is 1.17 bits per heavy atom. The van der Waals surface area contributed by atoms with Crippen LogP contribution in [0.3, 0.4) is 0 Å². The van der Waals surface area contributed by atoms with Crippen molar-refractivity contribution in [3.8, 4) is 0 Å². The summed E-state index contributed by atoms with van der Waals surface area (Å²) in [5, 5.41) is 0. The number of rotatable bonds is 2. The van der Waals surface area contributed by atoms with Gasteiger partial charge < -0.3 is 0 Å². The first-order valence-corrected chi connectivity index (χ1v) is 9.29. The van der Waals surface area contributed by atoms with Crippen LogP contribution in [0.5, 0.6) is 0 Å². The summed E-state index contributed by atoms with van der Waals surface area (Å²) in [6.45, 7) is 13.9. The second-order valence-electron chi connectivity index (χ2n) is 8.92. The predicted molar refractivity (Wildman–Crippen MR) is 97.6 cm³/mol. The molecule has 2 fully saturated rings. The highest BCUT2D eigenvalue weighted by Gasteiger charge is 2.61.